The van der Waals surface area contributed by atoms with Crippen molar-refractivity contribution in [1.29, 1.82) is 0 Å². The predicted molar refractivity (Wildman–Crippen MR) is 44.5 cm³/mol. The minimum Gasteiger partial charge on any atom is -0.352 e. The summed E-state index contributed by atoms with van der Waals surface area (Å²) in [6.45, 7) is 1.09. The second-order valence-corrected chi connectivity index (χ2v) is 3.21. The van der Waals surface area contributed by atoms with E-state index in [1.807, 2.05) is 0 Å². The van der Waals surface area contributed by atoms with E-state index < -0.39 is 0 Å². The quantitative estimate of drug-likeness (QED) is 0.570. The zero-order chi connectivity index (χ0) is 9.97. The van der Waals surface area contributed by atoms with Gasteiger partial charge in [0.15, 0.2) is 0 Å². The molecule has 0 aromatic rings. The van der Waals surface area contributed by atoms with Crippen molar-refractivity contribution in [2.45, 2.75) is 12.2 Å². The molecule has 0 aromatic heterocycles. The predicted octanol–water partition coefficient (Wildman–Crippen LogP) is -0.334. The molecule has 2 aliphatic heterocycles. The molecule has 14 heavy (non-hydrogen) atoms. The summed E-state index contributed by atoms with van der Waals surface area (Å²) >= 11 is 0. The van der Waals surface area contributed by atoms with Crippen molar-refractivity contribution in [2.75, 3.05) is 26.6 Å². The van der Waals surface area contributed by atoms with E-state index in [4.69, 9.17) is 9.47 Å². The number of hydrogen-bond donors (Lipinski definition) is 0. The summed E-state index contributed by atoms with van der Waals surface area (Å²) in [5.74, 6) is 0. The summed E-state index contributed by atoms with van der Waals surface area (Å²) in [6, 6.07) is 0. The summed E-state index contributed by atoms with van der Waals surface area (Å²) in [5.41, 5.74) is 0. The van der Waals surface area contributed by atoms with Gasteiger partial charge in [-0.2, -0.15) is 0 Å². The molecule has 8 nitrogen and oxygen atoms in total. The second kappa shape index (κ2) is 3.84. The van der Waals surface area contributed by atoms with Gasteiger partial charge in [-0.25, -0.2) is 10.0 Å². The normalized spacial score (nSPS) is 32.3. The SMILES string of the molecule is O=NN1COC2CN(N=O)COC2C1. The first kappa shape index (κ1) is 9.28. The van der Waals surface area contributed by atoms with Gasteiger partial charge < -0.3 is 9.47 Å². The third-order valence-electron chi connectivity index (χ3n) is 2.30. The van der Waals surface area contributed by atoms with E-state index in [9.17, 15) is 9.81 Å². The fraction of sp³-hybridized carbons (Fsp3) is 1.00. The molecule has 2 aliphatic rings. The van der Waals surface area contributed by atoms with Crippen LogP contribution in [0.5, 0.6) is 0 Å². The highest BCUT2D eigenvalue weighted by Crippen LogP contribution is 2.19. The van der Waals surface area contributed by atoms with Crippen molar-refractivity contribution in [3.63, 3.8) is 0 Å². The Hall–Kier alpha value is -1.28. The third kappa shape index (κ3) is 1.66. The third-order valence-corrected chi connectivity index (χ3v) is 2.30. The molecule has 2 saturated heterocycles. The molecule has 0 aromatic carbocycles. The lowest BCUT2D eigenvalue weighted by Crippen LogP contribution is -2.55. The Labute approximate surface area is 79.6 Å². The van der Waals surface area contributed by atoms with E-state index in [1.165, 1.54) is 10.0 Å². The molecule has 0 aliphatic carbocycles. The molecule has 0 saturated carbocycles. The molecular formula is C6H10N4O4. The van der Waals surface area contributed by atoms with Gasteiger partial charge in [0.05, 0.1) is 23.7 Å². The Bertz CT molecular complexity index is 214. The maximum Gasteiger partial charge on any atom is 0.138 e. The Balaban J connectivity index is 1.94. The van der Waals surface area contributed by atoms with Crippen molar-refractivity contribution in [3.8, 4) is 0 Å². The van der Waals surface area contributed by atoms with Gasteiger partial charge in [0, 0.05) is 0 Å². The first-order valence-corrected chi connectivity index (χ1v) is 4.23. The second-order valence-electron chi connectivity index (χ2n) is 3.21. The van der Waals surface area contributed by atoms with Gasteiger partial charge in [0.25, 0.3) is 0 Å². The van der Waals surface area contributed by atoms with E-state index >= 15 is 0 Å². The number of fused-ring (bicyclic) bond motifs is 1. The molecule has 2 atom stereocenters. The molecule has 0 radical (unpaired) electrons. The van der Waals surface area contributed by atoms with Crippen LogP contribution in [-0.2, 0) is 9.47 Å². The standard InChI is InChI=1S/C6H10N4O4/c11-7-9-1-5-6(14-3-9)2-10(8-12)4-13-5/h5-6H,1-4H2. The fourth-order valence-electron chi connectivity index (χ4n) is 1.55. The number of hydrogen-bond acceptors (Lipinski definition) is 6. The highest BCUT2D eigenvalue weighted by molar-refractivity contribution is 4.82. The van der Waals surface area contributed by atoms with Crippen LogP contribution >= 0.6 is 0 Å². The lowest BCUT2D eigenvalue weighted by Gasteiger charge is -2.40. The van der Waals surface area contributed by atoms with Gasteiger partial charge in [-0.1, -0.05) is 0 Å². The van der Waals surface area contributed by atoms with Gasteiger partial charge in [-0.05, 0) is 0 Å². The van der Waals surface area contributed by atoms with Crippen molar-refractivity contribution >= 4 is 0 Å². The summed E-state index contributed by atoms with van der Waals surface area (Å²) in [4.78, 5) is 20.4. The van der Waals surface area contributed by atoms with E-state index in [0.29, 0.717) is 13.1 Å². The lowest BCUT2D eigenvalue weighted by molar-refractivity contribution is -0.208. The highest BCUT2D eigenvalue weighted by Gasteiger charge is 2.36. The smallest absolute Gasteiger partial charge is 0.138 e. The molecule has 0 bridgehead atoms. The van der Waals surface area contributed by atoms with Gasteiger partial charge in [0.2, 0.25) is 0 Å². The Kier molecular flexibility index (Phi) is 2.55. The van der Waals surface area contributed by atoms with Crippen LogP contribution in [0, 0.1) is 9.81 Å². The average molecular weight is 202 g/mol. The van der Waals surface area contributed by atoms with Crippen LogP contribution in [0.15, 0.2) is 10.6 Å². The van der Waals surface area contributed by atoms with E-state index in [2.05, 4.69) is 10.6 Å². The van der Waals surface area contributed by atoms with Crippen LogP contribution in [0.25, 0.3) is 0 Å². The first-order valence-electron chi connectivity index (χ1n) is 4.23. The zero-order valence-electron chi connectivity index (χ0n) is 7.40. The number of nitrogens with zero attached hydrogens (tertiary/aromatic N) is 4. The van der Waals surface area contributed by atoms with Crippen molar-refractivity contribution in [2.24, 2.45) is 10.6 Å². The molecule has 2 heterocycles. The average Bonchev–Trinajstić information content (AvgIpc) is 2.27. The molecular weight excluding hydrogens is 192 g/mol. The molecule has 2 rings (SSSR count). The fourth-order valence-corrected chi connectivity index (χ4v) is 1.55. The Morgan fingerprint density at radius 1 is 0.929 bits per heavy atom. The zero-order valence-corrected chi connectivity index (χ0v) is 7.40. The summed E-state index contributed by atoms with van der Waals surface area (Å²) in [6.07, 6.45) is -0.418. The first-order chi connectivity index (χ1) is 6.83. The Morgan fingerprint density at radius 3 is 1.71 bits per heavy atom. The van der Waals surface area contributed by atoms with Crippen LogP contribution in [-0.4, -0.2) is 48.8 Å². The van der Waals surface area contributed by atoms with Gasteiger partial charge in [-0.3, -0.25) is 0 Å². The summed E-state index contributed by atoms with van der Waals surface area (Å²) < 4.78 is 10.6. The van der Waals surface area contributed by atoms with E-state index in [0.717, 1.165) is 0 Å². The molecule has 2 unspecified atom stereocenters. The highest BCUT2D eigenvalue weighted by atomic mass is 16.6. The Morgan fingerprint density at radius 2 is 1.36 bits per heavy atom. The van der Waals surface area contributed by atoms with Gasteiger partial charge >= 0.3 is 0 Å². The van der Waals surface area contributed by atoms with E-state index in [1.54, 1.807) is 0 Å². The van der Waals surface area contributed by atoms with Gasteiger partial charge in [0.1, 0.15) is 25.7 Å². The summed E-state index contributed by atoms with van der Waals surface area (Å²) in [5, 5.41) is 8.00. The number of nitroso groups, excluding NO2 is 2. The maximum absolute atomic E-state index is 10.2. The minimum atomic E-state index is -0.209. The topological polar surface area (TPSA) is 83.8 Å². The monoisotopic (exact) mass is 202 g/mol. The van der Waals surface area contributed by atoms with Crippen LogP contribution in [0.2, 0.25) is 0 Å². The van der Waals surface area contributed by atoms with Crippen molar-refractivity contribution < 1.29 is 9.47 Å². The summed E-state index contributed by atoms with van der Waals surface area (Å²) in [7, 11) is 0. The molecule has 78 valence electrons. The van der Waals surface area contributed by atoms with Crippen molar-refractivity contribution in [3.05, 3.63) is 9.81 Å². The molecule has 8 heteroatoms. The maximum atomic E-state index is 10.2. The molecule has 0 N–H and O–H groups in total. The molecule has 0 spiro atoms. The van der Waals surface area contributed by atoms with Crippen LogP contribution in [0.4, 0.5) is 0 Å². The molecule has 0 amide bonds. The van der Waals surface area contributed by atoms with Crippen LogP contribution in [0.3, 0.4) is 0 Å². The number of ether oxygens (including phenoxy) is 2. The van der Waals surface area contributed by atoms with Crippen LogP contribution < -0.4 is 0 Å². The molecule has 2 fully saturated rings. The minimum absolute atomic E-state index is 0.140. The van der Waals surface area contributed by atoms with E-state index in [-0.39, 0.29) is 25.7 Å². The largest absolute Gasteiger partial charge is 0.352 e. The lowest BCUT2D eigenvalue weighted by atomic mass is 10.1. The van der Waals surface area contributed by atoms with Gasteiger partial charge in [-0.15, -0.1) is 9.81 Å². The van der Waals surface area contributed by atoms with Crippen LogP contribution in [0.1, 0.15) is 0 Å². The number of rotatable bonds is 2. The van der Waals surface area contributed by atoms with Crippen molar-refractivity contribution in [1.82, 2.24) is 10.0 Å².